The minimum absolute atomic E-state index is 0.167. The smallest absolute Gasteiger partial charge is 0.410 e. The summed E-state index contributed by atoms with van der Waals surface area (Å²) < 4.78 is 5.59. The number of phenols is 1. The topological polar surface area (TPSA) is 101 Å². The van der Waals surface area contributed by atoms with E-state index in [1.807, 2.05) is 43.9 Å². The first-order valence-corrected chi connectivity index (χ1v) is 17.5. The van der Waals surface area contributed by atoms with E-state index in [0.717, 1.165) is 81.7 Å². The van der Waals surface area contributed by atoms with Crippen LogP contribution in [0.15, 0.2) is 30.3 Å². The lowest BCUT2D eigenvalue weighted by atomic mass is 9.86. The number of likely N-dealkylation sites (tertiary alicyclic amines) is 1. The number of H-pyrrole nitrogens is 1. The molecule has 5 heterocycles. The van der Waals surface area contributed by atoms with Crippen molar-refractivity contribution in [1.82, 2.24) is 34.8 Å². The standard InChI is InChI=1S/C36H51N7O3/c1-24-33-29-23-31(28-7-5-6-8-32(28)44)38-39-34(29)37-30(33)15-18-43(24)27-11-9-25(10-12-27)40-19-21-41(22-20-40)26-13-16-42(17-14-26)35(45)46-36(2,3)4/h5-8,23-27,44H,9-22H2,1-4H3,(H,37,39)/t24-,25-,27-/m1/s1. The molecule has 1 amide bonds. The van der Waals surface area contributed by atoms with Crippen LogP contribution in [0, 0.1) is 0 Å². The molecule has 4 aliphatic rings. The zero-order valence-electron chi connectivity index (χ0n) is 28.0. The number of aromatic nitrogens is 3. The molecule has 0 spiro atoms. The van der Waals surface area contributed by atoms with Gasteiger partial charge in [0.15, 0.2) is 5.65 Å². The zero-order chi connectivity index (χ0) is 32.0. The van der Waals surface area contributed by atoms with Gasteiger partial charge in [0, 0.05) is 93.0 Å². The average molecular weight is 630 g/mol. The quantitative estimate of drug-likeness (QED) is 0.386. The number of aromatic hydroxyl groups is 1. The number of ether oxygens (including phenoxy) is 1. The monoisotopic (exact) mass is 629 g/mol. The first-order chi connectivity index (χ1) is 22.1. The summed E-state index contributed by atoms with van der Waals surface area (Å²) in [6.45, 7) is 15.4. The number of carbonyl (C=O) groups excluding carboxylic acids is 1. The van der Waals surface area contributed by atoms with Crippen molar-refractivity contribution in [3.63, 3.8) is 0 Å². The van der Waals surface area contributed by atoms with Crippen molar-refractivity contribution >= 4 is 17.1 Å². The number of hydrogen-bond donors (Lipinski definition) is 2. The molecule has 3 aromatic rings. The summed E-state index contributed by atoms with van der Waals surface area (Å²) in [6.07, 6.45) is 7.95. The number of rotatable bonds is 4. The van der Waals surface area contributed by atoms with E-state index in [1.165, 1.54) is 36.9 Å². The number of aromatic amines is 1. The first kappa shape index (κ1) is 31.4. The molecule has 10 heteroatoms. The Kier molecular flexibility index (Phi) is 8.71. The van der Waals surface area contributed by atoms with Crippen LogP contribution in [0.4, 0.5) is 4.79 Å². The molecular weight excluding hydrogens is 578 g/mol. The number of amides is 1. The fourth-order valence-electron chi connectivity index (χ4n) is 8.62. The van der Waals surface area contributed by atoms with Gasteiger partial charge in [-0.1, -0.05) is 12.1 Å². The Bertz CT molecular complexity index is 1530. The van der Waals surface area contributed by atoms with E-state index >= 15 is 0 Å². The summed E-state index contributed by atoms with van der Waals surface area (Å²) in [5, 5.41) is 20.5. The predicted octanol–water partition coefficient (Wildman–Crippen LogP) is 5.58. The Balaban J connectivity index is 0.917. The average Bonchev–Trinajstić information content (AvgIpc) is 3.43. The van der Waals surface area contributed by atoms with Crippen molar-refractivity contribution in [3.05, 3.63) is 41.6 Å². The number of fused-ring (bicyclic) bond motifs is 3. The third-order valence-electron chi connectivity index (χ3n) is 11.0. The second kappa shape index (κ2) is 12.8. The molecule has 1 atom stereocenters. The summed E-state index contributed by atoms with van der Waals surface area (Å²) in [4.78, 5) is 26.1. The molecule has 1 aromatic carbocycles. The van der Waals surface area contributed by atoms with Crippen LogP contribution in [0.1, 0.15) is 83.5 Å². The van der Waals surface area contributed by atoms with E-state index in [2.05, 4.69) is 42.9 Å². The maximum absolute atomic E-state index is 12.5. The number of piperidine rings is 1. The molecule has 3 fully saturated rings. The number of hydrogen-bond acceptors (Lipinski definition) is 8. The van der Waals surface area contributed by atoms with Crippen molar-refractivity contribution < 1.29 is 14.6 Å². The van der Waals surface area contributed by atoms with Gasteiger partial charge in [-0.05, 0) is 90.0 Å². The number of nitrogens with zero attached hydrogens (tertiary/aromatic N) is 6. The van der Waals surface area contributed by atoms with E-state index in [4.69, 9.17) is 4.74 Å². The fraction of sp³-hybridized carbons (Fsp3) is 0.639. The van der Waals surface area contributed by atoms with Crippen molar-refractivity contribution in [1.29, 1.82) is 0 Å². The molecule has 10 nitrogen and oxygen atoms in total. The highest BCUT2D eigenvalue weighted by Crippen LogP contribution is 2.40. The first-order valence-electron chi connectivity index (χ1n) is 17.5. The van der Waals surface area contributed by atoms with Gasteiger partial charge in [-0.2, -0.15) is 0 Å². The largest absolute Gasteiger partial charge is 0.507 e. The van der Waals surface area contributed by atoms with Crippen LogP contribution >= 0.6 is 0 Å². The number of nitrogens with one attached hydrogen (secondary N) is 1. The minimum Gasteiger partial charge on any atom is -0.507 e. The Labute approximate surface area is 273 Å². The highest BCUT2D eigenvalue weighted by Gasteiger charge is 2.37. The van der Waals surface area contributed by atoms with Crippen LogP contribution in [0.2, 0.25) is 0 Å². The third-order valence-corrected chi connectivity index (χ3v) is 11.0. The van der Waals surface area contributed by atoms with Gasteiger partial charge in [-0.15, -0.1) is 10.2 Å². The van der Waals surface area contributed by atoms with E-state index in [0.29, 0.717) is 29.9 Å². The van der Waals surface area contributed by atoms with Crippen LogP contribution < -0.4 is 0 Å². The molecule has 2 saturated heterocycles. The van der Waals surface area contributed by atoms with Crippen LogP contribution in [0.3, 0.4) is 0 Å². The lowest BCUT2D eigenvalue weighted by Gasteiger charge is -2.47. The summed E-state index contributed by atoms with van der Waals surface area (Å²) in [5.74, 6) is 0.231. The molecule has 0 unspecified atom stereocenters. The van der Waals surface area contributed by atoms with Gasteiger partial charge < -0.3 is 19.7 Å². The van der Waals surface area contributed by atoms with Crippen LogP contribution in [-0.4, -0.2) is 116 Å². The number of para-hydroxylation sites is 1. The molecule has 3 aliphatic heterocycles. The third kappa shape index (κ3) is 6.36. The molecule has 2 aromatic heterocycles. The molecule has 2 N–H and O–H groups in total. The van der Waals surface area contributed by atoms with Crippen molar-refractivity contribution in [2.45, 2.75) is 102 Å². The van der Waals surface area contributed by atoms with E-state index in [-0.39, 0.29) is 11.8 Å². The number of carbonyl (C=O) groups is 1. The normalized spacial score (nSPS) is 25.9. The van der Waals surface area contributed by atoms with Crippen LogP contribution in [0.25, 0.3) is 22.3 Å². The lowest BCUT2D eigenvalue weighted by molar-refractivity contribution is 0.00314. The van der Waals surface area contributed by atoms with E-state index in [1.54, 1.807) is 6.07 Å². The molecular formula is C36H51N7O3. The molecule has 0 radical (unpaired) electrons. The Morgan fingerprint density at radius 2 is 1.50 bits per heavy atom. The van der Waals surface area contributed by atoms with Gasteiger partial charge in [-0.3, -0.25) is 14.7 Å². The van der Waals surface area contributed by atoms with Gasteiger partial charge in [0.1, 0.15) is 11.4 Å². The summed E-state index contributed by atoms with van der Waals surface area (Å²) in [5.41, 5.74) is 4.46. The number of phenolic OH excluding ortho intramolecular Hbond substituents is 1. The maximum Gasteiger partial charge on any atom is 0.410 e. The molecule has 46 heavy (non-hydrogen) atoms. The van der Waals surface area contributed by atoms with Gasteiger partial charge in [-0.25, -0.2) is 4.79 Å². The maximum atomic E-state index is 12.5. The highest BCUT2D eigenvalue weighted by molar-refractivity contribution is 5.86. The SMILES string of the molecule is C[C@@H]1c2c([nH]c3nnc(-c4ccccc4O)cc23)CCN1[C@H]1CC[C@H](N2CCN(C3CCN(C(=O)OC(C)(C)C)CC3)CC2)CC1. The summed E-state index contributed by atoms with van der Waals surface area (Å²) in [6, 6.07) is 11.6. The molecule has 7 rings (SSSR count). The van der Waals surface area contributed by atoms with Gasteiger partial charge in [0.2, 0.25) is 0 Å². The predicted molar refractivity (Wildman–Crippen MR) is 180 cm³/mol. The number of piperazine rings is 1. The van der Waals surface area contributed by atoms with Crippen molar-refractivity contribution in [2.75, 3.05) is 45.8 Å². The van der Waals surface area contributed by atoms with E-state index < -0.39 is 5.60 Å². The zero-order valence-corrected chi connectivity index (χ0v) is 28.0. The summed E-state index contributed by atoms with van der Waals surface area (Å²) >= 11 is 0. The van der Waals surface area contributed by atoms with Gasteiger partial charge >= 0.3 is 6.09 Å². The molecule has 1 saturated carbocycles. The molecule has 1 aliphatic carbocycles. The van der Waals surface area contributed by atoms with Crippen molar-refractivity contribution in [3.8, 4) is 17.0 Å². The fourth-order valence-corrected chi connectivity index (χ4v) is 8.62. The van der Waals surface area contributed by atoms with Gasteiger partial charge in [0.05, 0.1) is 5.69 Å². The lowest BCUT2D eigenvalue weighted by Crippen LogP contribution is -2.56. The Morgan fingerprint density at radius 3 is 2.15 bits per heavy atom. The second-order valence-corrected chi connectivity index (χ2v) is 14.9. The number of benzene rings is 1. The van der Waals surface area contributed by atoms with Crippen LogP contribution in [-0.2, 0) is 11.2 Å². The molecule has 248 valence electrons. The highest BCUT2D eigenvalue weighted by atomic mass is 16.6. The summed E-state index contributed by atoms with van der Waals surface area (Å²) in [7, 11) is 0. The Morgan fingerprint density at radius 1 is 0.870 bits per heavy atom. The van der Waals surface area contributed by atoms with Crippen molar-refractivity contribution in [2.24, 2.45) is 0 Å². The van der Waals surface area contributed by atoms with Gasteiger partial charge in [0.25, 0.3) is 0 Å². The minimum atomic E-state index is -0.439. The second-order valence-electron chi connectivity index (χ2n) is 14.9. The van der Waals surface area contributed by atoms with Crippen LogP contribution in [0.5, 0.6) is 5.75 Å². The van der Waals surface area contributed by atoms with E-state index in [9.17, 15) is 9.90 Å². The molecule has 0 bridgehead atoms. The Hall–Kier alpha value is -3.21.